The molecular formula is C14H19FN2O3S. The normalized spacial score (nSPS) is 28.6. The molecule has 2 aliphatic rings. The van der Waals surface area contributed by atoms with Gasteiger partial charge in [-0.1, -0.05) is 0 Å². The number of hydrogen-bond acceptors (Lipinski definition) is 4. The number of piperidine rings is 1. The molecule has 5 nitrogen and oxygen atoms in total. The topological polar surface area (TPSA) is 67.4 Å². The van der Waals surface area contributed by atoms with E-state index in [1.807, 2.05) is 0 Å². The summed E-state index contributed by atoms with van der Waals surface area (Å²) >= 11 is 0. The summed E-state index contributed by atoms with van der Waals surface area (Å²) in [7, 11) is -2.34. The van der Waals surface area contributed by atoms with Gasteiger partial charge in [-0.3, -0.25) is 0 Å². The second-order valence-electron chi connectivity index (χ2n) is 5.72. The van der Waals surface area contributed by atoms with Crippen molar-refractivity contribution in [3.8, 4) is 5.75 Å². The predicted molar refractivity (Wildman–Crippen MR) is 76.2 cm³/mol. The highest BCUT2D eigenvalue weighted by molar-refractivity contribution is 7.89. The van der Waals surface area contributed by atoms with Crippen LogP contribution in [-0.4, -0.2) is 33.7 Å². The second kappa shape index (κ2) is 5.55. The fraction of sp³-hybridized carbons (Fsp3) is 0.571. The van der Waals surface area contributed by atoms with Crippen molar-refractivity contribution >= 4 is 10.0 Å². The monoisotopic (exact) mass is 314 g/mol. The molecule has 0 saturated carbocycles. The van der Waals surface area contributed by atoms with Gasteiger partial charge in [0.1, 0.15) is 0 Å². The Morgan fingerprint density at radius 1 is 1.29 bits per heavy atom. The first kappa shape index (κ1) is 14.7. The highest BCUT2D eigenvalue weighted by atomic mass is 32.2. The van der Waals surface area contributed by atoms with Crippen LogP contribution in [0.3, 0.4) is 0 Å². The first-order valence-corrected chi connectivity index (χ1v) is 8.58. The van der Waals surface area contributed by atoms with E-state index >= 15 is 0 Å². The van der Waals surface area contributed by atoms with Gasteiger partial charge >= 0.3 is 0 Å². The molecule has 2 aliphatic heterocycles. The number of rotatable bonds is 4. The van der Waals surface area contributed by atoms with Gasteiger partial charge in [0, 0.05) is 24.2 Å². The van der Waals surface area contributed by atoms with Crippen LogP contribution in [0.15, 0.2) is 23.1 Å². The number of ether oxygens (including phenoxy) is 1. The first-order valence-electron chi connectivity index (χ1n) is 7.10. The van der Waals surface area contributed by atoms with Crippen molar-refractivity contribution < 1.29 is 17.5 Å². The van der Waals surface area contributed by atoms with Crippen LogP contribution in [0.1, 0.15) is 25.7 Å². The smallest absolute Gasteiger partial charge is 0.240 e. The zero-order valence-electron chi connectivity index (χ0n) is 11.8. The fourth-order valence-corrected chi connectivity index (χ4v) is 4.52. The predicted octanol–water partition coefficient (Wildman–Crippen LogP) is 1.40. The molecule has 0 aliphatic carbocycles. The standard InChI is InChI=1S/C14H19FN2O3S/c1-20-14-8-12(4-5-13(14)15)21(18,19)17-11-6-9-2-3-10(7-11)16-9/h4-5,8-11,16-17H,2-3,6-7H2,1H3. The SMILES string of the molecule is COc1cc(S(=O)(=O)NC2CC3CCC(C2)N3)ccc1F. The summed E-state index contributed by atoms with van der Waals surface area (Å²) in [6.07, 6.45) is 3.81. The van der Waals surface area contributed by atoms with E-state index in [4.69, 9.17) is 4.74 Å². The Morgan fingerprint density at radius 2 is 1.95 bits per heavy atom. The number of benzene rings is 1. The van der Waals surface area contributed by atoms with Crippen LogP contribution in [0.2, 0.25) is 0 Å². The van der Waals surface area contributed by atoms with E-state index in [9.17, 15) is 12.8 Å². The van der Waals surface area contributed by atoms with Crippen molar-refractivity contribution in [1.29, 1.82) is 0 Å². The van der Waals surface area contributed by atoms with Gasteiger partial charge < -0.3 is 10.1 Å². The average Bonchev–Trinajstić information content (AvgIpc) is 2.78. The van der Waals surface area contributed by atoms with Crippen LogP contribution in [0.25, 0.3) is 0 Å². The van der Waals surface area contributed by atoms with Gasteiger partial charge in [-0.25, -0.2) is 17.5 Å². The molecule has 2 fully saturated rings. The lowest BCUT2D eigenvalue weighted by Gasteiger charge is -2.29. The Bertz CT molecular complexity index is 623. The Kier molecular flexibility index (Phi) is 3.90. The lowest BCUT2D eigenvalue weighted by molar-refractivity contribution is 0.345. The van der Waals surface area contributed by atoms with Crippen molar-refractivity contribution in [2.45, 2.75) is 48.7 Å². The third-order valence-electron chi connectivity index (χ3n) is 4.23. The molecule has 2 unspecified atom stereocenters. The van der Waals surface area contributed by atoms with Crippen molar-refractivity contribution in [2.75, 3.05) is 7.11 Å². The maximum absolute atomic E-state index is 13.4. The molecule has 2 bridgehead atoms. The van der Waals surface area contributed by atoms with Crippen molar-refractivity contribution in [3.05, 3.63) is 24.0 Å². The third-order valence-corrected chi connectivity index (χ3v) is 5.75. The largest absolute Gasteiger partial charge is 0.494 e. The lowest BCUT2D eigenvalue weighted by atomic mass is 10.0. The summed E-state index contributed by atoms with van der Waals surface area (Å²) in [4.78, 5) is 0.0339. The molecule has 1 aromatic rings. The van der Waals surface area contributed by atoms with Crippen LogP contribution in [-0.2, 0) is 10.0 Å². The van der Waals surface area contributed by atoms with E-state index < -0.39 is 15.8 Å². The number of nitrogens with one attached hydrogen (secondary N) is 2. The number of fused-ring (bicyclic) bond motifs is 2. The van der Waals surface area contributed by atoms with Crippen LogP contribution in [0.4, 0.5) is 4.39 Å². The molecule has 2 saturated heterocycles. The molecule has 2 N–H and O–H groups in total. The third kappa shape index (κ3) is 3.04. The van der Waals surface area contributed by atoms with Gasteiger partial charge in [-0.2, -0.15) is 0 Å². The molecule has 3 rings (SSSR count). The van der Waals surface area contributed by atoms with Crippen LogP contribution >= 0.6 is 0 Å². The molecule has 0 aromatic heterocycles. The molecule has 2 heterocycles. The van der Waals surface area contributed by atoms with Crippen LogP contribution in [0, 0.1) is 5.82 Å². The molecule has 0 radical (unpaired) electrons. The Morgan fingerprint density at radius 3 is 2.57 bits per heavy atom. The number of hydrogen-bond donors (Lipinski definition) is 2. The van der Waals surface area contributed by atoms with Gasteiger partial charge in [-0.05, 0) is 37.8 Å². The minimum absolute atomic E-state index is 0.0339. The molecule has 1 aromatic carbocycles. The maximum atomic E-state index is 13.4. The van der Waals surface area contributed by atoms with E-state index in [2.05, 4.69) is 10.0 Å². The summed E-state index contributed by atoms with van der Waals surface area (Å²) in [5, 5.41) is 3.47. The van der Waals surface area contributed by atoms with Crippen LogP contribution in [0.5, 0.6) is 5.75 Å². The van der Waals surface area contributed by atoms with E-state index in [-0.39, 0.29) is 16.7 Å². The minimum Gasteiger partial charge on any atom is -0.494 e. The Balaban J connectivity index is 1.77. The zero-order chi connectivity index (χ0) is 15.0. The van der Waals surface area contributed by atoms with Gasteiger partial charge in [-0.15, -0.1) is 0 Å². The average molecular weight is 314 g/mol. The van der Waals surface area contributed by atoms with Crippen LogP contribution < -0.4 is 14.8 Å². The summed E-state index contributed by atoms with van der Waals surface area (Å²) in [5.41, 5.74) is 0. The van der Waals surface area contributed by atoms with Gasteiger partial charge in [0.25, 0.3) is 0 Å². The Hall–Kier alpha value is -1.18. The van der Waals surface area contributed by atoms with Crippen molar-refractivity contribution in [1.82, 2.24) is 10.0 Å². The summed E-state index contributed by atoms with van der Waals surface area (Å²) in [6.45, 7) is 0. The lowest BCUT2D eigenvalue weighted by Crippen LogP contribution is -2.47. The number of halogens is 1. The van der Waals surface area contributed by atoms with E-state index in [1.165, 1.54) is 19.2 Å². The highest BCUT2D eigenvalue weighted by Crippen LogP contribution is 2.28. The molecule has 0 spiro atoms. The molecule has 0 amide bonds. The molecule has 2 atom stereocenters. The number of sulfonamides is 1. The maximum Gasteiger partial charge on any atom is 0.240 e. The fourth-order valence-electron chi connectivity index (χ4n) is 3.25. The second-order valence-corrected chi connectivity index (χ2v) is 7.44. The van der Waals surface area contributed by atoms with Gasteiger partial charge in [0.2, 0.25) is 10.0 Å². The van der Waals surface area contributed by atoms with E-state index in [0.717, 1.165) is 31.7 Å². The number of methoxy groups -OCH3 is 1. The minimum atomic E-state index is -3.65. The molecular weight excluding hydrogens is 295 g/mol. The Labute approximate surface area is 123 Å². The van der Waals surface area contributed by atoms with Gasteiger partial charge in [0.05, 0.1) is 12.0 Å². The summed E-state index contributed by atoms with van der Waals surface area (Å²) < 4.78 is 45.8. The van der Waals surface area contributed by atoms with E-state index in [1.54, 1.807) is 0 Å². The molecule has 116 valence electrons. The zero-order valence-corrected chi connectivity index (χ0v) is 12.6. The summed E-state index contributed by atoms with van der Waals surface area (Å²) in [6, 6.07) is 4.33. The van der Waals surface area contributed by atoms with Crippen molar-refractivity contribution in [2.24, 2.45) is 0 Å². The quantitative estimate of drug-likeness (QED) is 0.881. The van der Waals surface area contributed by atoms with Crippen molar-refractivity contribution in [3.63, 3.8) is 0 Å². The van der Waals surface area contributed by atoms with E-state index in [0.29, 0.717) is 12.1 Å². The summed E-state index contributed by atoms with van der Waals surface area (Å²) in [5.74, 6) is -0.639. The highest BCUT2D eigenvalue weighted by Gasteiger charge is 2.35. The first-order chi connectivity index (χ1) is 9.98. The molecule has 7 heteroatoms. The van der Waals surface area contributed by atoms with Gasteiger partial charge in [0.15, 0.2) is 11.6 Å². The molecule has 21 heavy (non-hydrogen) atoms.